The Hall–Kier alpha value is -2.33. The molecule has 0 spiro atoms. The zero-order chi connectivity index (χ0) is 24.9. The van der Waals surface area contributed by atoms with E-state index in [9.17, 15) is 13.2 Å². The van der Waals surface area contributed by atoms with Gasteiger partial charge in [0.25, 0.3) is 0 Å². The lowest BCUT2D eigenvalue weighted by molar-refractivity contribution is -0.120. The fourth-order valence-corrected chi connectivity index (χ4v) is 5.48. The summed E-state index contributed by atoms with van der Waals surface area (Å²) in [4.78, 5) is 15.0. The van der Waals surface area contributed by atoms with Gasteiger partial charge in [0.05, 0.1) is 10.8 Å². The van der Waals surface area contributed by atoms with Crippen molar-refractivity contribution in [1.29, 1.82) is 0 Å². The van der Waals surface area contributed by atoms with Gasteiger partial charge in [-0.15, -0.1) is 0 Å². The van der Waals surface area contributed by atoms with Gasteiger partial charge < -0.3 is 15.5 Å². The van der Waals surface area contributed by atoms with Gasteiger partial charge in [0.15, 0.2) is 5.11 Å². The number of benzene rings is 2. The van der Waals surface area contributed by atoms with E-state index >= 15 is 0 Å². The fourth-order valence-electron chi connectivity index (χ4n) is 3.84. The third kappa shape index (κ3) is 6.85. The van der Waals surface area contributed by atoms with Crippen LogP contribution < -0.4 is 10.6 Å². The van der Waals surface area contributed by atoms with Crippen molar-refractivity contribution in [3.05, 3.63) is 59.7 Å². The number of piperazine rings is 1. The number of carbonyl (C=O) groups excluding carboxylic acids is 1. The van der Waals surface area contributed by atoms with Gasteiger partial charge in [0.2, 0.25) is 15.9 Å². The molecule has 1 amide bonds. The molecule has 0 radical (unpaired) electrons. The molecule has 7 nitrogen and oxygen atoms in total. The molecule has 3 rings (SSSR count). The second kappa shape index (κ2) is 11.4. The SMILES string of the molecule is CC(C)Cc1ccc(C(C)C(=O)NC(=S)Nc2ccc(S(=O)(=O)N3CCN(C)CC3)cc2)cc1. The van der Waals surface area contributed by atoms with Crippen LogP contribution in [0.3, 0.4) is 0 Å². The van der Waals surface area contributed by atoms with Crippen LogP contribution in [0.2, 0.25) is 0 Å². The summed E-state index contributed by atoms with van der Waals surface area (Å²) < 4.78 is 27.2. The largest absolute Gasteiger partial charge is 0.332 e. The van der Waals surface area contributed by atoms with Gasteiger partial charge in [0, 0.05) is 31.9 Å². The number of thiocarbonyl (C=S) groups is 1. The summed E-state index contributed by atoms with van der Waals surface area (Å²) in [5.41, 5.74) is 2.78. The van der Waals surface area contributed by atoms with E-state index in [1.807, 2.05) is 26.1 Å². The summed E-state index contributed by atoms with van der Waals surface area (Å²) in [5, 5.41) is 5.85. The van der Waals surface area contributed by atoms with Crippen molar-refractivity contribution in [2.75, 3.05) is 38.5 Å². The minimum atomic E-state index is -3.53. The van der Waals surface area contributed by atoms with E-state index in [1.165, 1.54) is 9.87 Å². The molecule has 0 saturated carbocycles. The number of hydrogen-bond acceptors (Lipinski definition) is 5. The van der Waals surface area contributed by atoms with Gasteiger partial charge in [-0.05, 0) is 73.9 Å². The van der Waals surface area contributed by atoms with Gasteiger partial charge in [-0.3, -0.25) is 4.79 Å². The number of nitrogens with one attached hydrogen (secondary N) is 2. The highest BCUT2D eigenvalue weighted by molar-refractivity contribution is 7.89. The van der Waals surface area contributed by atoms with Crippen LogP contribution in [0, 0.1) is 5.92 Å². The molecule has 1 saturated heterocycles. The zero-order valence-corrected chi connectivity index (χ0v) is 21.9. The third-order valence-corrected chi connectivity index (χ3v) is 8.08. The monoisotopic (exact) mass is 502 g/mol. The number of carbonyl (C=O) groups is 1. The normalized spacial score (nSPS) is 16.3. The molecule has 184 valence electrons. The number of likely N-dealkylation sites (N-methyl/N-ethyl adjacent to an activating group) is 1. The average Bonchev–Trinajstić information content (AvgIpc) is 2.79. The number of sulfonamides is 1. The molecule has 0 bridgehead atoms. The predicted octanol–water partition coefficient (Wildman–Crippen LogP) is 3.44. The maximum absolute atomic E-state index is 12.9. The number of amides is 1. The quantitative estimate of drug-likeness (QED) is 0.565. The maximum atomic E-state index is 12.9. The Morgan fingerprint density at radius 3 is 2.12 bits per heavy atom. The Labute approximate surface area is 208 Å². The summed E-state index contributed by atoms with van der Waals surface area (Å²) in [7, 11) is -1.54. The molecule has 0 aromatic heterocycles. The highest BCUT2D eigenvalue weighted by atomic mass is 32.2. The Balaban J connectivity index is 1.55. The van der Waals surface area contributed by atoms with Crippen molar-refractivity contribution in [2.45, 2.75) is 38.0 Å². The molecule has 0 aliphatic carbocycles. The van der Waals surface area contributed by atoms with Crippen molar-refractivity contribution in [3.8, 4) is 0 Å². The molecule has 34 heavy (non-hydrogen) atoms. The minimum absolute atomic E-state index is 0.169. The maximum Gasteiger partial charge on any atom is 0.243 e. The first-order valence-electron chi connectivity index (χ1n) is 11.6. The average molecular weight is 503 g/mol. The van der Waals surface area contributed by atoms with Crippen molar-refractivity contribution < 1.29 is 13.2 Å². The number of nitrogens with zero attached hydrogens (tertiary/aromatic N) is 2. The van der Waals surface area contributed by atoms with Crippen LogP contribution in [0.5, 0.6) is 0 Å². The number of hydrogen-bond donors (Lipinski definition) is 2. The van der Waals surface area contributed by atoms with E-state index in [0.29, 0.717) is 37.8 Å². The second-order valence-corrected chi connectivity index (χ2v) is 11.6. The lowest BCUT2D eigenvalue weighted by Crippen LogP contribution is -2.46. The standard InChI is InChI=1S/C25H34N4O3S2/c1-18(2)17-20-5-7-21(8-6-20)19(3)24(30)27-25(33)26-22-9-11-23(12-10-22)34(31,32)29-15-13-28(4)14-16-29/h5-12,18-19H,13-17H2,1-4H3,(H2,26,27,30,33). The van der Waals surface area contributed by atoms with Crippen LogP contribution in [-0.4, -0.2) is 61.9 Å². The second-order valence-electron chi connectivity index (χ2n) is 9.24. The molecule has 1 fully saturated rings. The highest BCUT2D eigenvalue weighted by Crippen LogP contribution is 2.20. The molecule has 2 aromatic carbocycles. The molecule has 2 N–H and O–H groups in total. The Morgan fingerprint density at radius 2 is 1.56 bits per heavy atom. The summed E-state index contributed by atoms with van der Waals surface area (Å²) >= 11 is 5.30. The molecule has 1 unspecified atom stereocenters. The van der Waals surface area contributed by atoms with Crippen LogP contribution in [-0.2, 0) is 21.2 Å². The van der Waals surface area contributed by atoms with Crippen LogP contribution in [0.4, 0.5) is 5.69 Å². The van der Waals surface area contributed by atoms with Gasteiger partial charge >= 0.3 is 0 Å². The molecule has 1 heterocycles. The topological polar surface area (TPSA) is 81.8 Å². The van der Waals surface area contributed by atoms with Crippen LogP contribution in [0.1, 0.15) is 37.8 Å². The highest BCUT2D eigenvalue weighted by Gasteiger charge is 2.27. The summed E-state index contributed by atoms with van der Waals surface area (Å²) in [5.74, 6) is 0.0170. The first-order valence-corrected chi connectivity index (χ1v) is 13.4. The van der Waals surface area contributed by atoms with Crippen LogP contribution in [0.15, 0.2) is 53.4 Å². The van der Waals surface area contributed by atoms with E-state index in [1.54, 1.807) is 24.3 Å². The lowest BCUT2D eigenvalue weighted by Gasteiger charge is -2.31. The molecule has 1 aliphatic rings. The minimum Gasteiger partial charge on any atom is -0.332 e. The molecule has 1 aliphatic heterocycles. The molecule has 2 aromatic rings. The van der Waals surface area contributed by atoms with Crippen molar-refractivity contribution in [3.63, 3.8) is 0 Å². The Morgan fingerprint density at radius 1 is 0.971 bits per heavy atom. The van der Waals surface area contributed by atoms with Gasteiger partial charge in [-0.1, -0.05) is 38.1 Å². The van der Waals surface area contributed by atoms with Crippen molar-refractivity contribution >= 4 is 38.9 Å². The van der Waals surface area contributed by atoms with Gasteiger partial charge in [0.1, 0.15) is 0 Å². The third-order valence-electron chi connectivity index (χ3n) is 5.97. The molecule has 1 atom stereocenters. The fraction of sp³-hybridized carbons (Fsp3) is 0.440. The summed E-state index contributed by atoms with van der Waals surface area (Å²) in [6.07, 6.45) is 1.00. The van der Waals surface area contributed by atoms with E-state index in [2.05, 4.69) is 41.5 Å². The van der Waals surface area contributed by atoms with E-state index in [4.69, 9.17) is 12.2 Å². The molecular weight excluding hydrogens is 468 g/mol. The first-order chi connectivity index (χ1) is 16.1. The molecular formula is C25H34N4O3S2. The lowest BCUT2D eigenvalue weighted by atomic mass is 9.96. The predicted molar refractivity (Wildman–Crippen MR) is 140 cm³/mol. The number of rotatable bonds is 7. The zero-order valence-electron chi connectivity index (χ0n) is 20.2. The van der Waals surface area contributed by atoms with E-state index in [0.717, 1.165) is 12.0 Å². The number of anilines is 1. The van der Waals surface area contributed by atoms with Gasteiger partial charge in [-0.25, -0.2) is 8.42 Å². The van der Waals surface area contributed by atoms with Crippen molar-refractivity contribution in [1.82, 2.24) is 14.5 Å². The first kappa shape index (κ1) is 26.3. The van der Waals surface area contributed by atoms with Crippen LogP contribution in [0.25, 0.3) is 0 Å². The van der Waals surface area contributed by atoms with Crippen molar-refractivity contribution in [2.24, 2.45) is 5.92 Å². The molecule has 9 heteroatoms. The van der Waals surface area contributed by atoms with Crippen LogP contribution >= 0.6 is 12.2 Å². The van der Waals surface area contributed by atoms with Gasteiger partial charge in [-0.2, -0.15) is 4.31 Å². The Bertz CT molecular complexity index is 1090. The summed E-state index contributed by atoms with van der Waals surface area (Å²) in [6, 6.07) is 14.5. The van der Waals surface area contributed by atoms with E-state index < -0.39 is 10.0 Å². The smallest absolute Gasteiger partial charge is 0.243 e. The Kier molecular flexibility index (Phi) is 8.81. The summed E-state index contributed by atoms with van der Waals surface area (Å²) in [6.45, 7) is 8.59. The van der Waals surface area contributed by atoms with E-state index in [-0.39, 0.29) is 21.8 Å².